The standard InChI is InChI=1S/C17H31N3O10S/c1-13(12-31-15(21)7-2-3-10-29-19(24)25)16(22)18-8-4-6-14(18)17(23)28-9-5-11-30-20(26)27/h13-14,24-27H,2-12H2,1H3/t13-,14+/m1/s1. The zero-order valence-corrected chi connectivity index (χ0v) is 18.2. The van der Waals surface area contributed by atoms with Gasteiger partial charge < -0.3 is 9.64 Å². The van der Waals surface area contributed by atoms with Crippen LogP contribution >= 0.6 is 11.8 Å². The molecule has 0 saturated carbocycles. The van der Waals surface area contributed by atoms with Gasteiger partial charge in [-0.05, 0) is 25.7 Å². The number of thioether (sulfide) groups is 1. The Kier molecular flexibility index (Phi) is 13.8. The number of hydrogen-bond donors (Lipinski definition) is 4. The van der Waals surface area contributed by atoms with E-state index in [4.69, 9.17) is 25.6 Å². The summed E-state index contributed by atoms with van der Waals surface area (Å²) in [4.78, 5) is 47.2. The summed E-state index contributed by atoms with van der Waals surface area (Å²) >= 11 is 1.06. The van der Waals surface area contributed by atoms with Gasteiger partial charge in [0.25, 0.3) is 0 Å². The lowest BCUT2D eigenvalue weighted by Crippen LogP contribution is -2.44. The smallest absolute Gasteiger partial charge is 0.328 e. The molecule has 13 nitrogen and oxygen atoms in total. The molecular weight excluding hydrogens is 438 g/mol. The van der Waals surface area contributed by atoms with Gasteiger partial charge in [0, 0.05) is 31.1 Å². The minimum Gasteiger partial charge on any atom is -0.464 e. The van der Waals surface area contributed by atoms with E-state index in [0.29, 0.717) is 38.0 Å². The summed E-state index contributed by atoms with van der Waals surface area (Å²) in [6.07, 6.45) is 2.70. The number of rotatable bonds is 15. The molecule has 0 radical (unpaired) electrons. The van der Waals surface area contributed by atoms with Crippen molar-refractivity contribution in [3.05, 3.63) is 0 Å². The van der Waals surface area contributed by atoms with E-state index in [1.807, 2.05) is 0 Å². The Morgan fingerprint density at radius 2 is 1.68 bits per heavy atom. The molecule has 0 bridgehead atoms. The van der Waals surface area contributed by atoms with Gasteiger partial charge in [0.1, 0.15) is 6.04 Å². The average molecular weight is 470 g/mol. The molecule has 2 atom stereocenters. The van der Waals surface area contributed by atoms with E-state index in [2.05, 4.69) is 9.68 Å². The first-order valence-corrected chi connectivity index (χ1v) is 10.9. The van der Waals surface area contributed by atoms with E-state index in [1.165, 1.54) is 4.90 Å². The van der Waals surface area contributed by atoms with Crippen molar-refractivity contribution < 1.29 is 49.6 Å². The molecule has 0 spiro atoms. The lowest BCUT2D eigenvalue weighted by atomic mass is 10.1. The van der Waals surface area contributed by atoms with Gasteiger partial charge >= 0.3 is 5.97 Å². The maximum Gasteiger partial charge on any atom is 0.328 e. The Labute approximate surface area is 184 Å². The summed E-state index contributed by atoms with van der Waals surface area (Å²) in [6, 6.07) is -0.665. The molecule has 0 unspecified atom stereocenters. The normalized spacial score (nSPS) is 17.4. The van der Waals surface area contributed by atoms with Crippen LogP contribution in [-0.2, 0) is 28.8 Å². The third-order valence-corrected chi connectivity index (χ3v) is 5.64. The minimum absolute atomic E-state index is 0.0186. The predicted octanol–water partition coefficient (Wildman–Crippen LogP) is 1.00. The number of hydrogen-bond acceptors (Lipinski definition) is 13. The summed E-state index contributed by atoms with van der Waals surface area (Å²) in [5.41, 5.74) is 0. The molecule has 1 heterocycles. The number of carbonyl (C=O) groups excluding carboxylic acids is 3. The molecule has 0 aromatic rings. The first-order chi connectivity index (χ1) is 14.7. The second kappa shape index (κ2) is 15.4. The number of likely N-dealkylation sites (tertiary alicyclic amines) is 1. The van der Waals surface area contributed by atoms with Crippen molar-refractivity contribution in [3.8, 4) is 0 Å². The number of carbonyl (C=O) groups is 3. The molecule has 0 aliphatic carbocycles. The summed E-state index contributed by atoms with van der Waals surface area (Å²) in [6.45, 7) is 2.19. The number of esters is 1. The van der Waals surface area contributed by atoms with Crippen LogP contribution in [0.5, 0.6) is 0 Å². The fourth-order valence-corrected chi connectivity index (χ4v) is 3.78. The first-order valence-electron chi connectivity index (χ1n) is 9.96. The largest absolute Gasteiger partial charge is 0.464 e. The van der Waals surface area contributed by atoms with Crippen molar-refractivity contribution in [2.75, 3.05) is 32.1 Å². The van der Waals surface area contributed by atoms with E-state index >= 15 is 0 Å². The van der Waals surface area contributed by atoms with E-state index in [-0.39, 0.29) is 49.1 Å². The predicted molar refractivity (Wildman–Crippen MR) is 104 cm³/mol. The van der Waals surface area contributed by atoms with E-state index in [9.17, 15) is 14.4 Å². The van der Waals surface area contributed by atoms with Crippen LogP contribution in [0.4, 0.5) is 0 Å². The molecule has 0 aromatic heterocycles. The summed E-state index contributed by atoms with van der Waals surface area (Å²) < 4.78 is 5.15. The Morgan fingerprint density at radius 3 is 2.32 bits per heavy atom. The summed E-state index contributed by atoms with van der Waals surface area (Å²) in [5, 5.41) is 32.7. The number of ether oxygens (including phenoxy) is 1. The zero-order valence-electron chi connectivity index (χ0n) is 17.4. The molecule has 1 rings (SSSR count). The number of amides is 1. The maximum absolute atomic E-state index is 12.7. The highest BCUT2D eigenvalue weighted by atomic mass is 32.2. The van der Waals surface area contributed by atoms with Crippen molar-refractivity contribution in [1.29, 1.82) is 0 Å². The van der Waals surface area contributed by atoms with E-state index in [1.54, 1.807) is 6.92 Å². The number of unbranched alkanes of at least 4 members (excludes halogenated alkanes) is 1. The Morgan fingerprint density at radius 1 is 1.03 bits per heavy atom. The van der Waals surface area contributed by atoms with Gasteiger partial charge in [-0.2, -0.15) is 0 Å². The highest BCUT2D eigenvalue weighted by molar-refractivity contribution is 8.13. The molecule has 31 heavy (non-hydrogen) atoms. The quantitative estimate of drug-likeness (QED) is 0.152. The van der Waals surface area contributed by atoms with Crippen LogP contribution in [0, 0.1) is 5.92 Å². The summed E-state index contributed by atoms with van der Waals surface area (Å²) in [5.74, 6) is -0.878. The van der Waals surface area contributed by atoms with Crippen molar-refractivity contribution in [3.63, 3.8) is 0 Å². The Bertz CT molecular complexity index is 566. The van der Waals surface area contributed by atoms with Gasteiger partial charge in [0.2, 0.25) is 5.91 Å². The SMILES string of the molecule is C[C@H](CSC(=O)CCCCON(O)O)C(=O)N1CCC[C@H]1C(=O)OCCCON(O)O. The van der Waals surface area contributed by atoms with E-state index in [0.717, 1.165) is 11.8 Å². The van der Waals surface area contributed by atoms with Gasteiger partial charge in [0.15, 0.2) is 5.12 Å². The van der Waals surface area contributed by atoms with Crippen LogP contribution in [0.25, 0.3) is 0 Å². The lowest BCUT2D eigenvalue weighted by Gasteiger charge is -2.26. The molecule has 1 saturated heterocycles. The van der Waals surface area contributed by atoms with Crippen molar-refractivity contribution in [1.82, 2.24) is 15.7 Å². The van der Waals surface area contributed by atoms with Crippen LogP contribution in [0.3, 0.4) is 0 Å². The molecule has 1 aliphatic rings. The molecule has 180 valence electrons. The summed E-state index contributed by atoms with van der Waals surface area (Å²) in [7, 11) is 0. The Hall–Kier alpha value is -1.36. The molecule has 1 amide bonds. The molecule has 0 aromatic carbocycles. The van der Waals surface area contributed by atoms with Gasteiger partial charge in [0.05, 0.1) is 30.6 Å². The molecule has 1 fully saturated rings. The van der Waals surface area contributed by atoms with Crippen molar-refractivity contribution in [2.24, 2.45) is 5.92 Å². The van der Waals surface area contributed by atoms with Gasteiger partial charge in [-0.3, -0.25) is 40.1 Å². The van der Waals surface area contributed by atoms with E-state index < -0.39 is 23.3 Å². The van der Waals surface area contributed by atoms with Crippen molar-refractivity contribution >= 4 is 28.8 Å². The maximum atomic E-state index is 12.7. The Balaban J connectivity index is 2.31. The van der Waals surface area contributed by atoms with Gasteiger partial charge in [-0.15, -0.1) is 0 Å². The van der Waals surface area contributed by atoms with Crippen LogP contribution in [0.1, 0.15) is 45.4 Å². The third-order valence-electron chi connectivity index (χ3n) is 4.45. The topological polar surface area (TPSA) is 170 Å². The van der Waals surface area contributed by atoms with Crippen LogP contribution in [0.2, 0.25) is 0 Å². The van der Waals surface area contributed by atoms with Crippen LogP contribution < -0.4 is 0 Å². The highest BCUT2D eigenvalue weighted by Crippen LogP contribution is 2.23. The molecule has 14 heteroatoms. The molecular formula is C17H31N3O10S. The van der Waals surface area contributed by atoms with Gasteiger partial charge in [-0.25, -0.2) is 4.79 Å². The number of nitrogens with zero attached hydrogens (tertiary/aromatic N) is 3. The molecule has 1 aliphatic heterocycles. The lowest BCUT2D eigenvalue weighted by molar-refractivity contribution is -0.492. The highest BCUT2D eigenvalue weighted by Gasteiger charge is 2.36. The monoisotopic (exact) mass is 469 g/mol. The third kappa shape index (κ3) is 11.7. The fourth-order valence-electron chi connectivity index (χ4n) is 2.91. The van der Waals surface area contributed by atoms with Gasteiger partial charge in [-0.1, -0.05) is 18.7 Å². The molecule has 4 N–H and O–H groups in total. The second-order valence-electron chi connectivity index (χ2n) is 6.92. The second-order valence-corrected chi connectivity index (χ2v) is 8.00. The van der Waals surface area contributed by atoms with Crippen molar-refractivity contribution in [2.45, 2.75) is 51.5 Å². The fraction of sp³-hybridized carbons (Fsp3) is 0.824. The minimum atomic E-state index is -0.665. The zero-order chi connectivity index (χ0) is 23.2. The first kappa shape index (κ1) is 27.7. The van der Waals surface area contributed by atoms with Crippen LogP contribution in [0.15, 0.2) is 0 Å². The average Bonchev–Trinajstić information content (AvgIpc) is 3.20. The van der Waals surface area contributed by atoms with Crippen LogP contribution in [-0.4, -0.2) is 91.7 Å².